The van der Waals surface area contributed by atoms with Crippen LogP contribution in [0.4, 0.5) is 0 Å². The fourth-order valence-corrected chi connectivity index (χ4v) is 2.85. The van der Waals surface area contributed by atoms with Crippen molar-refractivity contribution in [3.05, 3.63) is 17.0 Å². The van der Waals surface area contributed by atoms with Crippen LogP contribution in [0.3, 0.4) is 0 Å². The fraction of sp³-hybridized carbons (Fsp3) is 0.636. The summed E-state index contributed by atoms with van der Waals surface area (Å²) < 4.78 is 27.8. The summed E-state index contributed by atoms with van der Waals surface area (Å²) in [4.78, 5) is 0. The van der Waals surface area contributed by atoms with Gasteiger partial charge in [-0.1, -0.05) is 6.92 Å². The third-order valence-corrected chi connectivity index (χ3v) is 4.73. The second-order valence-electron chi connectivity index (χ2n) is 4.17. The van der Waals surface area contributed by atoms with Crippen molar-refractivity contribution in [1.29, 1.82) is 5.26 Å². The van der Waals surface area contributed by atoms with Gasteiger partial charge in [-0.3, -0.25) is 4.68 Å². The van der Waals surface area contributed by atoms with E-state index in [1.165, 1.54) is 0 Å². The smallest absolute Gasteiger partial charge is 0.228 e. The minimum Gasteiger partial charge on any atom is -0.272 e. The van der Waals surface area contributed by atoms with Gasteiger partial charge in [-0.2, -0.15) is 10.4 Å². The SMILES string of the molecule is CCC(C#N)S(=O)(=O)NCc1c(C)nn(C)c1C. The van der Waals surface area contributed by atoms with Crippen molar-refractivity contribution in [3.8, 4) is 6.07 Å². The number of rotatable bonds is 5. The minimum atomic E-state index is -3.59. The third-order valence-electron chi connectivity index (χ3n) is 3.00. The highest BCUT2D eigenvalue weighted by molar-refractivity contribution is 7.90. The van der Waals surface area contributed by atoms with Crippen molar-refractivity contribution in [1.82, 2.24) is 14.5 Å². The predicted molar refractivity (Wildman–Crippen MR) is 68.1 cm³/mol. The molecule has 0 saturated heterocycles. The molecule has 0 fully saturated rings. The van der Waals surface area contributed by atoms with Gasteiger partial charge in [-0.05, 0) is 20.3 Å². The highest BCUT2D eigenvalue weighted by Crippen LogP contribution is 2.12. The maximum atomic E-state index is 11.8. The molecule has 0 aliphatic carbocycles. The summed E-state index contributed by atoms with van der Waals surface area (Å²) in [5.41, 5.74) is 2.57. The number of hydrogen-bond acceptors (Lipinski definition) is 4. The Bertz CT molecular complexity index is 569. The van der Waals surface area contributed by atoms with Gasteiger partial charge >= 0.3 is 0 Å². The largest absolute Gasteiger partial charge is 0.272 e. The average Bonchev–Trinajstić information content (AvgIpc) is 2.52. The zero-order valence-electron chi connectivity index (χ0n) is 11.1. The molecular formula is C11H18N4O2S. The summed E-state index contributed by atoms with van der Waals surface area (Å²) >= 11 is 0. The number of nitriles is 1. The van der Waals surface area contributed by atoms with Gasteiger partial charge in [-0.15, -0.1) is 0 Å². The summed E-state index contributed by atoms with van der Waals surface area (Å²) in [6, 6.07) is 1.79. The predicted octanol–water partition coefficient (Wildman–Crippen LogP) is 0.759. The van der Waals surface area contributed by atoms with Gasteiger partial charge in [0.05, 0.1) is 11.8 Å². The number of nitrogens with zero attached hydrogens (tertiary/aromatic N) is 3. The first-order valence-corrected chi connectivity index (χ1v) is 7.25. The molecule has 18 heavy (non-hydrogen) atoms. The molecule has 1 rings (SSSR count). The Morgan fingerprint density at radius 3 is 2.50 bits per heavy atom. The van der Waals surface area contributed by atoms with Crippen molar-refractivity contribution < 1.29 is 8.42 Å². The molecular weight excluding hydrogens is 252 g/mol. The molecule has 1 aromatic heterocycles. The molecule has 0 amide bonds. The lowest BCUT2D eigenvalue weighted by Crippen LogP contribution is -2.33. The van der Waals surface area contributed by atoms with Crippen LogP contribution in [0.25, 0.3) is 0 Å². The van der Waals surface area contributed by atoms with Crippen LogP contribution in [0.2, 0.25) is 0 Å². The summed E-state index contributed by atoms with van der Waals surface area (Å²) in [5, 5.41) is 12.0. The molecule has 7 heteroatoms. The average molecular weight is 270 g/mol. The van der Waals surface area contributed by atoms with E-state index >= 15 is 0 Å². The molecule has 0 spiro atoms. The molecule has 0 bridgehead atoms. The molecule has 1 atom stereocenters. The van der Waals surface area contributed by atoms with Crippen molar-refractivity contribution in [3.63, 3.8) is 0 Å². The summed E-state index contributed by atoms with van der Waals surface area (Å²) in [6.07, 6.45) is 0.275. The van der Waals surface area contributed by atoms with Crippen LogP contribution in [0.1, 0.15) is 30.3 Å². The second kappa shape index (κ2) is 5.50. The van der Waals surface area contributed by atoms with E-state index in [0.29, 0.717) is 0 Å². The summed E-state index contributed by atoms with van der Waals surface area (Å²) in [5.74, 6) is 0. The van der Waals surface area contributed by atoms with Crippen LogP contribution in [-0.4, -0.2) is 23.4 Å². The van der Waals surface area contributed by atoms with Crippen LogP contribution in [0.5, 0.6) is 0 Å². The normalized spacial score (nSPS) is 13.3. The quantitative estimate of drug-likeness (QED) is 0.855. The molecule has 1 aromatic rings. The van der Waals surface area contributed by atoms with E-state index in [0.717, 1.165) is 17.0 Å². The highest BCUT2D eigenvalue weighted by Gasteiger charge is 2.23. The number of hydrogen-bond donors (Lipinski definition) is 1. The van der Waals surface area contributed by atoms with E-state index in [2.05, 4.69) is 9.82 Å². The van der Waals surface area contributed by atoms with Gasteiger partial charge in [0, 0.05) is 24.8 Å². The van der Waals surface area contributed by atoms with Gasteiger partial charge in [0.15, 0.2) is 5.25 Å². The van der Waals surface area contributed by atoms with Gasteiger partial charge in [-0.25, -0.2) is 13.1 Å². The van der Waals surface area contributed by atoms with Gasteiger partial charge in [0.1, 0.15) is 0 Å². The van der Waals surface area contributed by atoms with Crippen molar-refractivity contribution in [2.24, 2.45) is 7.05 Å². The van der Waals surface area contributed by atoms with Crippen molar-refractivity contribution in [2.75, 3.05) is 0 Å². The number of aromatic nitrogens is 2. The van der Waals surface area contributed by atoms with Crippen LogP contribution in [-0.2, 0) is 23.6 Å². The zero-order chi connectivity index (χ0) is 13.9. The Morgan fingerprint density at radius 2 is 2.11 bits per heavy atom. The van der Waals surface area contributed by atoms with E-state index in [4.69, 9.17) is 5.26 Å². The van der Waals surface area contributed by atoms with Crippen molar-refractivity contribution in [2.45, 2.75) is 39.0 Å². The van der Waals surface area contributed by atoms with Crippen LogP contribution >= 0.6 is 0 Å². The summed E-state index contributed by atoms with van der Waals surface area (Å²) in [7, 11) is -1.78. The van der Waals surface area contributed by atoms with Crippen LogP contribution in [0, 0.1) is 25.2 Å². The molecule has 6 nitrogen and oxygen atoms in total. The number of aryl methyl sites for hydroxylation is 2. The maximum Gasteiger partial charge on any atom is 0.228 e. The van der Waals surface area contributed by atoms with Crippen LogP contribution < -0.4 is 4.72 Å². The molecule has 1 N–H and O–H groups in total. The molecule has 0 aliphatic heterocycles. The first-order valence-electron chi connectivity index (χ1n) is 5.70. The van der Waals surface area contributed by atoms with E-state index in [-0.39, 0.29) is 13.0 Å². The van der Waals surface area contributed by atoms with Gasteiger partial charge < -0.3 is 0 Å². The molecule has 1 heterocycles. The number of nitrogens with one attached hydrogen (secondary N) is 1. The maximum absolute atomic E-state index is 11.8. The second-order valence-corrected chi connectivity index (χ2v) is 6.11. The molecule has 1 unspecified atom stereocenters. The third kappa shape index (κ3) is 2.89. The fourth-order valence-electron chi connectivity index (χ4n) is 1.73. The Kier molecular flexibility index (Phi) is 4.48. The van der Waals surface area contributed by atoms with E-state index in [1.54, 1.807) is 17.7 Å². The Labute approximate surface area is 108 Å². The van der Waals surface area contributed by atoms with E-state index in [1.807, 2.05) is 20.9 Å². The Balaban J connectivity index is 2.86. The molecule has 0 aromatic carbocycles. The summed E-state index contributed by atoms with van der Waals surface area (Å²) in [6.45, 7) is 5.56. The monoisotopic (exact) mass is 270 g/mol. The standard InChI is InChI=1S/C11H18N4O2S/c1-5-10(6-12)18(16,17)13-7-11-8(2)14-15(4)9(11)3/h10,13H,5,7H2,1-4H3. The Morgan fingerprint density at radius 1 is 1.50 bits per heavy atom. The minimum absolute atomic E-state index is 0.173. The number of sulfonamides is 1. The lowest BCUT2D eigenvalue weighted by molar-refractivity contribution is 0.572. The lowest BCUT2D eigenvalue weighted by atomic mass is 10.2. The van der Waals surface area contributed by atoms with Gasteiger partial charge in [0.25, 0.3) is 0 Å². The van der Waals surface area contributed by atoms with Crippen LogP contribution in [0.15, 0.2) is 0 Å². The first-order chi connectivity index (χ1) is 8.33. The topological polar surface area (TPSA) is 87.8 Å². The molecule has 0 aliphatic rings. The van der Waals surface area contributed by atoms with Gasteiger partial charge in [0.2, 0.25) is 10.0 Å². The first kappa shape index (κ1) is 14.7. The molecule has 100 valence electrons. The lowest BCUT2D eigenvalue weighted by Gasteiger charge is -2.10. The van der Waals surface area contributed by atoms with Crippen molar-refractivity contribution >= 4 is 10.0 Å². The van der Waals surface area contributed by atoms with E-state index < -0.39 is 15.3 Å². The van der Waals surface area contributed by atoms with E-state index in [9.17, 15) is 8.42 Å². The zero-order valence-corrected chi connectivity index (χ0v) is 11.9. The Hall–Kier alpha value is -1.39. The molecule has 0 radical (unpaired) electrons. The molecule has 0 saturated carbocycles. The highest BCUT2D eigenvalue weighted by atomic mass is 32.2.